The van der Waals surface area contributed by atoms with Crippen LogP contribution in [0.4, 0.5) is 4.79 Å². The van der Waals surface area contributed by atoms with Crippen LogP contribution in [0.25, 0.3) is 0 Å². The summed E-state index contributed by atoms with van der Waals surface area (Å²) in [4.78, 5) is 10.8. The molecule has 0 amide bonds. The van der Waals surface area contributed by atoms with E-state index in [1.54, 1.807) is 6.08 Å². The van der Waals surface area contributed by atoms with Crippen molar-refractivity contribution < 1.29 is 4.79 Å². The van der Waals surface area contributed by atoms with Gasteiger partial charge in [0.15, 0.2) is 0 Å². The maximum atomic E-state index is 10.8. The third-order valence-corrected chi connectivity index (χ3v) is 2.81. The molecule has 0 aliphatic rings. The van der Waals surface area contributed by atoms with E-state index in [0.29, 0.717) is 0 Å². The van der Waals surface area contributed by atoms with E-state index in [-0.39, 0.29) is 9.70 Å². The standard InChI is InChI=1S/C10H10OS2/c1-2-9(13-10(11)12)8-6-4-3-5-7-8/h2-7,9H,1H2,(H,11,12). The van der Waals surface area contributed by atoms with Crippen LogP contribution >= 0.6 is 24.4 Å². The van der Waals surface area contributed by atoms with E-state index in [0.717, 1.165) is 17.3 Å². The van der Waals surface area contributed by atoms with Crippen molar-refractivity contribution in [2.45, 2.75) is 5.25 Å². The van der Waals surface area contributed by atoms with Gasteiger partial charge in [-0.1, -0.05) is 60.8 Å². The normalized spacial score (nSPS) is 12.1. The summed E-state index contributed by atoms with van der Waals surface area (Å²) in [6.07, 6.45) is 1.74. The molecule has 1 nitrogen and oxygen atoms in total. The van der Waals surface area contributed by atoms with E-state index in [2.05, 4.69) is 19.2 Å². The molecule has 68 valence electrons. The Kier molecular flexibility index (Phi) is 4.12. The highest BCUT2D eigenvalue weighted by Gasteiger charge is 2.09. The van der Waals surface area contributed by atoms with Crippen molar-refractivity contribution in [3.05, 3.63) is 48.6 Å². The van der Waals surface area contributed by atoms with Crippen molar-refractivity contribution >= 4 is 28.8 Å². The van der Waals surface area contributed by atoms with Gasteiger partial charge in [0, 0.05) is 0 Å². The van der Waals surface area contributed by atoms with E-state index >= 15 is 0 Å². The fourth-order valence-electron chi connectivity index (χ4n) is 1.00. The molecule has 0 saturated carbocycles. The van der Waals surface area contributed by atoms with Gasteiger partial charge in [0.05, 0.1) is 5.25 Å². The Morgan fingerprint density at radius 3 is 2.54 bits per heavy atom. The third kappa shape index (κ3) is 3.28. The molecule has 0 heterocycles. The number of carbonyl (C=O) groups excluding carboxylic acids is 1. The van der Waals surface area contributed by atoms with Crippen LogP contribution in [0.3, 0.4) is 0 Å². The average Bonchev–Trinajstić information content (AvgIpc) is 2.15. The molecule has 1 atom stereocenters. The van der Waals surface area contributed by atoms with E-state index < -0.39 is 0 Å². The van der Waals surface area contributed by atoms with Crippen molar-refractivity contribution in [2.24, 2.45) is 0 Å². The van der Waals surface area contributed by atoms with Crippen molar-refractivity contribution in [1.82, 2.24) is 0 Å². The first-order valence-electron chi connectivity index (χ1n) is 3.81. The van der Waals surface area contributed by atoms with Crippen molar-refractivity contribution in [1.29, 1.82) is 0 Å². The molecule has 1 aromatic carbocycles. The molecule has 0 aliphatic carbocycles. The van der Waals surface area contributed by atoms with Crippen LogP contribution in [0, 0.1) is 0 Å². The van der Waals surface area contributed by atoms with Gasteiger partial charge in [0.1, 0.15) is 0 Å². The lowest BCUT2D eigenvalue weighted by Gasteiger charge is -2.08. The molecule has 0 spiro atoms. The molecule has 0 aliphatic heterocycles. The number of carbonyl (C=O) groups is 1. The zero-order valence-corrected chi connectivity index (χ0v) is 8.72. The molecule has 0 bridgehead atoms. The van der Waals surface area contributed by atoms with Gasteiger partial charge in [-0.15, -0.1) is 6.58 Å². The first-order chi connectivity index (χ1) is 6.24. The van der Waals surface area contributed by atoms with Crippen LogP contribution in [-0.2, 0) is 0 Å². The summed E-state index contributed by atoms with van der Waals surface area (Å²) in [7, 11) is 0. The summed E-state index contributed by atoms with van der Waals surface area (Å²) in [5.41, 5.74) is 1.07. The first kappa shape index (κ1) is 10.4. The number of thiol groups is 1. The maximum absolute atomic E-state index is 10.8. The molecule has 3 heteroatoms. The van der Waals surface area contributed by atoms with E-state index in [1.807, 2.05) is 30.3 Å². The minimum absolute atomic E-state index is 0.00574. The van der Waals surface area contributed by atoms with Gasteiger partial charge in [-0.05, 0) is 5.56 Å². The molecule has 1 unspecified atom stereocenters. The summed E-state index contributed by atoms with van der Waals surface area (Å²) < 4.78 is -0.186. The Bertz CT molecular complexity index is 295. The van der Waals surface area contributed by atoms with Crippen molar-refractivity contribution in [3.63, 3.8) is 0 Å². The number of hydrogen-bond acceptors (Lipinski definition) is 2. The van der Waals surface area contributed by atoms with Crippen LogP contribution in [-0.4, -0.2) is 4.45 Å². The van der Waals surface area contributed by atoms with Gasteiger partial charge in [0.25, 0.3) is 0 Å². The summed E-state index contributed by atoms with van der Waals surface area (Å²) in [6.45, 7) is 3.68. The minimum Gasteiger partial charge on any atom is -0.275 e. The number of hydrogen-bond donors (Lipinski definition) is 1. The number of thioether (sulfide) groups is 1. The minimum atomic E-state index is -0.186. The second kappa shape index (κ2) is 5.14. The fourth-order valence-corrected chi connectivity index (χ4v) is 1.95. The monoisotopic (exact) mass is 210 g/mol. The average molecular weight is 210 g/mol. The van der Waals surface area contributed by atoms with Crippen LogP contribution in [0.15, 0.2) is 43.0 Å². The Balaban J connectivity index is 2.78. The highest BCUT2D eigenvalue weighted by Crippen LogP contribution is 2.31. The summed E-state index contributed by atoms with van der Waals surface area (Å²) in [5.74, 6) is 0. The smallest absolute Gasteiger partial charge is 0.243 e. The SMILES string of the molecule is C=CC(SC(=O)S)c1ccccc1. The van der Waals surface area contributed by atoms with Gasteiger partial charge in [-0.3, -0.25) is 4.79 Å². The predicted octanol–water partition coefficient (Wildman–Crippen LogP) is 3.70. The molecule has 1 aromatic rings. The second-order valence-electron chi connectivity index (χ2n) is 2.45. The van der Waals surface area contributed by atoms with Crippen LogP contribution in [0.5, 0.6) is 0 Å². The molecule has 0 fully saturated rings. The fraction of sp³-hybridized carbons (Fsp3) is 0.100. The quantitative estimate of drug-likeness (QED) is 0.605. The van der Waals surface area contributed by atoms with Gasteiger partial charge < -0.3 is 0 Å². The summed E-state index contributed by atoms with van der Waals surface area (Å²) >= 11 is 4.88. The lowest BCUT2D eigenvalue weighted by Crippen LogP contribution is -1.90. The Labute approximate surface area is 87.6 Å². The molecule has 0 radical (unpaired) electrons. The lowest BCUT2D eigenvalue weighted by atomic mass is 10.1. The van der Waals surface area contributed by atoms with Crippen molar-refractivity contribution in [3.8, 4) is 0 Å². The first-order valence-corrected chi connectivity index (χ1v) is 5.14. The maximum Gasteiger partial charge on any atom is 0.243 e. The summed E-state index contributed by atoms with van der Waals surface area (Å²) in [6, 6.07) is 9.76. The highest BCUT2D eigenvalue weighted by atomic mass is 32.2. The highest BCUT2D eigenvalue weighted by molar-refractivity contribution is 8.32. The van der Waals surface area contributed by atoms with Crippen LogP contribution in [0.2, 0.25) is 0 Å². The third-order valence-electron chi connectivity index (χ3n) is 1.57. The molecule has 0 N–H and O–H groups in total. The molecule has 0 saturated heterocycles. The largest absolute Gasteiger partial charge is 0.275 e. The molecule has 1 rings (SSSR count). The van der Waals surface area contributed by atoms with Crippen molar-refractivity contribution in [2.75, 3.05) is 0 Å². The zero-order valence-electron chi connectivity index (χ0n) is 7.01. The van der Waals surface area contributed by atoms with Gasteiger partial charge in [-0.2, -0.15) is 0 Å². The lowest BCUT2D eigenvalue weighted by molar-refractivity contribution is 0.277. The number of benzene rings is 1. The van der Waals surface area contributed by atoms with E-state index in [1.165, 1.54) is 0 Å². The van der Waals surface area contributed by atoms with Crippen LogP contribution in [0.1, 0.15) is 10.8 Å². The zero-order chi connectivity index (χ0) is 9.68. The predicted molar refractivity (Wildman–Crippen MR) is 61.4 cm³/mol. The van der Waals surface area contributed by atoms with Gasteiger partial charge >= 0.3 is 0 Å². The van der Waals surface area contributed by atoms with Crippen LogP contribution < -0.4 is 0 Å². The molecule has 0 aromatic heterocycles. The Morgan fingerprint density at radius 1 is 1.46 bits per heavy atom. The van der Waals surface area contributed by atoms with Gasteiger partial charge in [0.2, 0.25) is 4.45 Å². The van der Waals surface area contributed by atoms with E-state index in [4.69, 9.17) is 0 Å². The Hall–Kier alpha value is -0.670. The molecule has 13 heavy (non-hydrogen) atoms. The Morgan fingerprint density at radius 2 is 2.08 bits per heavy atom. The van der Waals surface area contributed by atoms with Gasteiger partial charge in [-0.25, -0.2) is 0 Å². The van der Waals surface area contributed by atoms with E-state index in [9.17, 15) is 4.79 Å². The topological polar surface area (TPSA) is 17.1 Å². The second-order valence-corrected chi connectivity index (χ2v) is 4.27. The summed E-state index contributed by atoms with van der Waals surface area (Å²) in [5, 5.41) is 0.00574. The molecular weight excluding hydrogens is 200 g/mol. The number of rotatable bonds is 3. The molecular formula is C10H10OS2.